The van der Waals surface area contributed by atoms with Crippen molar-refractivity contribution in [3.63, 3.8) is 0 Å². The minimum absolute atomic E-state index is 0.171. The van der Waals surface area contributed by atoms with Crippen LogP contribution in [0.2, 0.25) is 5.02 Å². The molecule has 1 rings (SSSR count). The first kappa shape index (κ1) is 12.6. The Morgan fingerprint density at radius 2 is 2.12 bits per heavy atom. The first-order valence-electron chi connectivity index (χ1n) is 4.36. The van der Waals surface area contributed by atoms with Crippen LogP contribution in [0.5, 0.6) is 0 Å². The van der Waals surface area contributed by atoms with E-state index in [4.69, 9.17) is 16.7 Å². The second-order valence-corrected chi connectivity index (χ2v) is 3.48. The second-order valence-electron chi connectivity index (χ2n) is 3.05. The average molecular weight is 246 g/mol. The smallest absolute Gasteiger partial charge is 0.328 e. The average Bonchev–Trinajstić information content (AvgIpc) is 2.22. The standard InChI is InChI=1S/C10H9ClFNO3/c1-13-8(10(15)16)9(14)6-4-5(11)2-3-7(6)12/h2-4,8,13H,1H3,(H,15,16). The fourth-order valence-electron chi connectivity index (χ4n) is 1.21. The number of carboxylic acid groups (broad SMARTS) is 1. The van der Waals surface area contributed by atoms with Gasteiger partial charge in [0.15, 0.2) is 11.8 Å². The van der Waals surface area contributed by atoms with Crippen molar-refractivity contribution >= 4 is 23.4 Å². The van der Waals surface area contributed by atoms with E-state index in [1.807, 2.05) is 0 Å². The van der Waals surface area contributed by atoms with E-state index in [2.05, 4.69) is 5.32 Å². The van der Waals surface area contributed by atoms with E-state index >= 15 is 0 Å². The van der Waals surface area contributed by atoms with Crippen molar-refractivity contribution in [3.8, 4) is 0 Å². The van der Waals surface area contributed by atoms with Crippen molar-refractivity contribution in [1.29, 1.82) is 0 Å². The van der Waals surface area contributed by atoms with Gasteiger partial charge in [-0.2, -0.15) is 0 Å². The molecule has 0 saturated carbocycles. The van der Waals surface area contributed by atoms with E-state index in [-0.39, 0.29) is 10.6 Å². The van der Waals surface area contributed by atoms with Gasteiger partial charge in [-0.25, -0.2) is 4.39 Å². The zero-order valence-electron chi connectivity index (χ0n) is 8.33. The molecule has 0 amide bonds. The summed E-state index contributed by atoms with van der Waals surface area (Å²) >= 11 is 5.60. The number of ketones is 1. The number of halogens is 2. The fraction of sp³-hybridized carbons (Fsp3) is 0.200. The number of carbonyl (C=O) groups excluding carboxylic acids is 1. The molecule has 0 aromatic heterocycles. The molecular formula is C10H9ClFNO3. The van der Waals surface area contributed by atoms with Crippen LogP contribution < -0.4 is 5.32 Å². The molecule has 2 N–H and O–H groups in total. The van der Waals surface area contributed by atoms with Crippen LogP contribution in [-0.4, -0.2) is 29.9 Å². The topological polar surface area (TPSA) is 66.4 Å². The number of Topliss-reactive ketones (excluding diaryl/α,β-unsaturated/α-hetero) is 1. The number of rotatable bonds is 4. The van der Waals surface area contributed by atoms with Crippen LogP contribution >= 0.6 is 11.6 Å². The second kappa shape index (κ2) is 5.05. The summed E-state index contributed by atoms with van der Waals surface area (Å²) in [6.45, 7) is 0. The molecule has 0 spiro atoms. The van der Waals surface area contributed by atoms with Gasteiger partial charge in [-0.15, -0.1) is 0 Å². The molecule has 1 atom stereocenters. The van der Waals surface area contributed by atoms with Gasteiger partial charge in [0.2, 0.25) is 0 Å². The van der Waals surface area contributed by atoms with Crippen LogP contribution in [0.1, 0.15) is 10.4 Å². The number of likely N-dealkylation sites (N-methyl/N-ethyl adjacent to an activating group) is 1. The molecule has 0 saturated heterocycles. The lowest BCUT2D eigenvalue weighted by Gasteiger charge is -2.10. The van der Waals surface area contributed by atoms with Crippen molar-refractivity contribution < 1.29 is 19.1 Å². The zero-order chi connectivity index (χ0) is 12.3. The van der Waals surface area contributed by atoms with Gasteiger partial charge < -0.3 is 10.4 Å². The summed E-state index contributed by atoms with van der Waals surface area (Å²) in [4.78, 5) is 22.4. The van der Waals surface area contributed by atoms with E-state index < -0.39 is 23.6 Å². The van der Waals surface area contributed by atoms with Crippen LogP contribution in [0.25, 0.3) is 0 Å². The third-order valence-electron chi connectivity index (χ3n) is 1.99. The largest absolute Gasteiger partial charge is 0.480 e. The van der Waals surface area contributed by atoms with Crippen molar-refractivity contribution in [1.82, 2.24) is 5.32 Å². The van der Waals surface area contributed by atoms with Gasteiger partial charge in [-0.3, -0.25) is 9.59 Å². The molecule has 86 valence electrons. The minimum Gasteiger partial charge on any atom is -0.480 e. The molecule has 0 heterocycles. The Kier molecular flexibility index (Phi) is 3.98. The van der Waals surface area contributed by atoms with Gasteiger partial charge in [-0.1, -0.05) is 11.6 Å². The number of nitrogens with one attached hydrogen (secondary N) is 1. The first-order valence-corrected chi connectivity index (χ1v) is 4.74. The Balaban J connectivity index is 3.12. The maximum Gasteiger partial charge on any atom is 0.328 e. The van der Waals surface area contributed by atoms with Gasteiger partial charge in [0.05, 0.1) is 5.56 Å². The van der Waals surface area contributed by atoms with Gasteiger partial charge in [0.25, 0.3) is 0 Å². The summed E-state index contributed by atoms with van der Waals surface area (Å²) in [7, 11) is 1.30. The maximum atomic E-state index is 13.3. The molecule has 16 heavy (non-hydrogen) atoms. The number of hydrogen-bond acceptors (Lipinski definition) is 3. The third kappa shape index (κ3) is 2.56. The fourth-order valence-corrected chi connectivity index (χ4v) is 1.38. The van der Waals surface area contributed by atoms with Crippen molar-refractivity contribution in [2.75, 3.05) is 7.05 Å². The highest BCUT2D eigenvalue weighted by Crippen LogP contribution is 2.16. The number of hydrogen-bond donors (Lipinski definition) is 2. The molecule has 6 heteroatoms. The van der Waals surface area contributed by atoms with E-state index in [0.717, 1.165) is 12.1 Å². The predicted octanol–water partition coefficient (Wildman–Crippen LogP) is 1.33. The van der Waals surface area contributed by atoms with Crippen molar-refractivity contribution in [3.05, 3.63) is 34.6 Å². The molecule has 0 bridgehead atoms. The van der Waals surface area contributed by atoms with Crippen molar-refractivity contribution in [2.24, 2.45) is 0 Å². The molecule has 0 aliphatic heterocycles. The lowest BCUT2D eigenvalue weighted by molar-refractivity contribution is -0.137. The van der Waals surface area contributed by atoms with Gasteiger partial charge in [0, 0.05) is 5.02 Å². The normalized spacial score (nSPS) is 12.2. The van der Waals surface area contributed by atoms with Gasteiger partial charge >= 0.3 is 5.97 Å². The van der Waals surface area contributed by atoms with Gasteiger partial charge in [0.1, 0.15) is 5.82 Å². The predicted molar refractivity (Wildman–Crippen MR) is 56.2 cm³/mol. The minimum atomic E-state index is -1.48. The lowest BCUT2D eigenvalue weighted by Crippen LogP contribution is -2.41. The van der Waals surface area contributed by atoms with Crippen LogP contribution in [0.15, 0.2) is 18.2 Å². The summed E-state index contributed by atoms with van der Waals surface area (Å²) < 4.78 is 13.3. The van der Waals surface area contributed by atoms with E-state index in [1.165, 1.54) is 13.1 Å². The van der Waals surface area contributed by atoms with E-state index in [9.17, 15) is 14.0 Å². The summed E-state index contributed by atoms with van der Waals surface area (Å²) in [6.07, 6.45) is 0. The highest BCUT2D eigenvalue weighted by Gasteiger charge is 2.27. The lowest BCUT2D eigenvalue weighted by atomic mass is 10.0. The Morgan fingerprint density at radius 1 is 1.50 bits per heavy atom. The van der Waals surface area contributed by atoms with E-state index in [1.54, 1.807) is 0 Å². The molecule has 0 radical (unpaired) electrons. The summed E-state index contributed by atoms with van der Waals surface area (Å²) in [5.41, 5.74) is -0.339. The molecule has 0 fully saturated rings. The summed E-state index contributed by atoms with van der Waals surface area (Å²) in [5.74, 6) is -3.03. The SMILES string of the molecule is CNC(C(=O)O)C(=O)c1cc(Cl)ccc1F. The quantitative estimate of drug-likeness (QED) is 0.621. The highest BCUT2D eigenvalue weighted by atomic mass is 35.5. The highest BCUT2D eigenvalue weighted by molar-refractivity contribution is 6.31. The summed E-state index contributed by atoms with van der Waals surface area (Å²) in [5, 5.41) is 11.2. The Morgan fingerprint density at radius 3 is 2.62 bits per heavy atom. The van der Waals surface area contributed by atoms with Crippen LogP contribution in [0, 0.1) is 5.82 Å². The van der Waals surface area contributed by atoms with Crippen LogP contribution in [0.3, 0.4) is 0 Å². The molecule has 0 aliphatic rings. The molecule has 1 unspecified atom stereocenters. The Labute approximate surface area is 96.0 Å². The molecule has 1 aromatic rings. The number of benzene rings is 1. The summed E-state index contributed by atoms with van der Waals surface area (Å²) in [6, 6.07) is 1.92. The molecule has 1 aromatic carbocycles. The zero-order valence-corrected chi connectivity index (χ0v) is 9.08. The van der Waals surface area contributed by atoms with Crippen LogP contribution in [0.4, 0.5) is 4.39 Å². The monoisotopic (exact) mass is 245 g/mol. The molecule has 4 nitrogen and oxygen atoms in total. The van der Waals surface area contributed by atoms with E-state index in [0.29, 0.717) is 0 Å². The maximum absolute atomic E-state index is 13.3. The molecular weight excluding hydrogens is 237 g/mol. The third-order valence-corrected chi connectivity index (χ3v) is 2.23. The van der Waals surface area contributed by atoms with Crippen molar-refractivity contribution in [2.45, 2.75) is 6.04 Å². The first-order chi connectivity index (χ1) is 7.47. The Hall–Kier alpha value is -1.46. The number of carbonyl (C=O) groups is 2. The Bertz CT molecular complexity index is 436. The van der Waals surface area contributed by atoms with Crippen LogP contribution in [-0.2, 0) is 4.79 Å². The van der Waals surface area contributed by atoms with Gasteiger partial charge in [-0.05, 0) is 25.2 Å². The molecule has 0 aliphatic carbocycles. The number of carboxylic acids is 1. The number of aliphatic carboxylic acids is 1.